The Labute approximate surface area is 122 Å². The fourth-order valence-corrected chi connectivity index (χ4v) is 2.28. The van der Waals surface area contributed by atoms with Crippen molar-refractivity contribution in [1.82, 2.24) is 10.3 Å². The Balaban J connectivity index is 1.81. The van der Waals surface area contributed by atoms with Gasteiger partial charge in [0.05, 0.1) is 6.20 Å². The van der Waals surface area contributed by atoms with E-state index in [1.807, 2.05) is 6.07 Å². The monoisotopic (exact) mass is 272 g/mol. The van der Waals surface area contributed by atoms with Crippen molar-refractivity contribution in [2.75, 3.05) is 13.1 Å². The van der Waals surface area contributed by atoms with E-state index in [9.17, 15) is 0 Å². The molecule has 0 saturated carbocycles. The van der Waals surface area contributed by atoms with Crippen LogP contribution in [0.4, 0.5) is 0 Å². The van der Waals surface area contributed by atoms with E-state index in [-0.39, 0.29) is 6.10 Å². The minimum absolute atomic E-state index is 0.272. The van der Waals surface area contributed by atoms with Gasteiger partial charge in [-0.05, 0) is 25.5 Å². The van der Waals surface area contributed by atoms with Gasteiger partial charge in [-0.3, -0.25) is 4.98 Å². The fraction of sp³-hybridized carbons (Fsp3) is 0.588. The Morgan fingerprint density at radius 1 is 1.35 bits per heavy atom. The van der Waals surface area contributed by atoms with Crippen LogP contribution in [0, 0.1) is 11.8 Å². The van der Waals surface area contributed by atoms with Crippen LogP contribution in [0.25, 0.3) is 0 Å². The van der Waals surface area contributed by atoms with Gasteiger partial charge in [0.2, 0.25) is 0 Å². The normalized spacial score (nSPS) is 17.6. The molecule has 1 aliphatic rings. The van der Waals surface area contributed by atoms with Crippen LogP contribution in [-0.4, -0.2) is 24.2 Å². The van der Waals surface area contributed by atoms with Crippen molar-refractivity contribution in [1.29, 1.82) is 0 Å². The van der Waals surface area contributed by atoms with Crippen molar-refractivity contribution in [3.8, 4) is 17.6 Å². The first kappa shape index (κ1) is 14.9. The molecular formula is C17H24N2O. The molecule has 0 aromatic carbocycles. The number of nitrogens with zero attached hydrogens (tertiary/aromatic N) is 1. The molecule has 2 rings (SSSR count). The van der Waals surface area contributed by atoms with Crippen molar-refractivity contribution in [3.63, 3.8) is 0 Å². The maximum atomic E-state index is 5.88. The molecule has 0 aliphatic carbocycles. The first-order valence-corrected chi connectivity index (χ1v) is 7.70. The zero-order chi connectivity index (χ0) is 14.0. The van der Waals surface area contributed by atoms with Crippen molar-refractivity contribution in [3.05, 3.63) is 24.0 Å². The predicted molar refractivity (Wildman–Crippen MR) is 81.8 cm³/mol. The van der Waals surface area contributed by atoms with Crippen LogP contribution in [0.15, 0.2) is 18.5 Å². The maximum absolute atomic E-state index is 5.88. The van der Waals surface area contributed by atoms with E-state index in [0.717, 1.165) is 37.2 Å². The van der Waals surface area contributed by atoms with E-state index in [1.165, 1.54) is 25.7 Å². The summed E-state index contributed by atoms with van der Waals surface area (Å²) in [6.45, 7) is 4.19. The standard InChI is InChI=1S/C17H24N2O/c1-2-3-4-5-6-7-8-15-11-17(14-19-12-15)20-16-9-10-18-13-16/h11-12,14,16,18H,2-6,9-10,13H2,1H3/t16-/m1/s1. The number of unbranched alkanes of at least 4 members (excludes halogenated alkanes) is 4. The molecule has 20 heavy (non-hydrogen) atoms. The van der Waals surface area contributed by atoms with Crippen LogP contribution in [-0.2, 0) is 0 Å². The highest BCUT2D eigenvalue weighted by molar-refractivity contribution is 5.36. The molecule has 0 amide bonds. The second-order valence-corrected chi connectivity index (χ2v) is 5.25. The molecule has 0 radical (unpaired) electrons. The third-order valence-electron chi connectivity index (χ3n) is 3.42. The third-order valence-corrected chi connectivity index (χ3v) is 3.42. The Hall–Kier alpha value is -1.53. The second-order valence-electron chi connectivity index (χ2n) is 5.25. The van der Waals surface area contributed by atoms with Crippen LogP contribution >= 0.6 is 0 Å². The summed E-state index contributed by atoms with van der Waals surface area (Å²) in [6, 6.07) is 1.99. The minimum atomic E-state index is 0.272. The summed E-state index contributed by atoms with van der Waals surface area (Å²) < 4.78 is 5.88. The fourth-order valence-electron chi connectivity index (χ4n) is 2.28. The second kappa shape index (κ2) is 8.60. The van der Waals surface area contributed by atoms with Gasteiger partial charge in [0.15, 0.2) is 0 Å². The van der Waals surface area contributed by atoms with Crippen LogP contribution in [0.2, 0.25) is 0 Å². The number of hydrogen-bond donors (Lipinski definition) is 1. The van der Waals surface area contributed by atoms with E-state index >= 15 is 0 Å². The Morgan fingerprint density at radius 2 is 2.30 bits per heavy atom. The molecule has 1 atom stereocenters. The minimum Gasteiger partial charge on any atom is -0.487 e. The smallest absolute Gasteiger partial charge is 0.139 e. The number of rotatable bonds is 6. The lowest BCUT2D eigenvalue weighted by Gasteiger charge is -2.11. The van der Waals surface area contributed by atoms with E-state index in [2.05, 4.69) is 29.1 Å². The number of pyridine rings is 1. The van der Waals surface area contributed by atoms with Crippen molar-refractivity contribution >= 4 is 0 Å². The van der Waals surface area contributed by atoms with Gasteiger partial charge in [-0.15, -0.1) is 0 Å². The van der Waals surface area contributed by atoms with E-state index in [1.54, 1.807) is 12.4 Å². The van der Waals surface area contributed by atoms with Crippen molar-refractivity contribution in [2.24, 2.45) is 0 Å². The first-order chi connectivity index (χ1) is 9.88. The summed E-state index contributed by atoms with van der Waals surface area (Å²) in [5.41, 5.74) is 0.948. The molecule has 3 heteroatoms. The summed E-state index contributed by atoms with van der Waals surface area (Å²) in [5.74, 6) is 7.23. The highest BCUT2D eigenvalue weighted by Gasteiger charge is 2.15. The number of aromatic nitrogens is 1. The molecule has 0 spiro atoms. The average Bonchev–Trinajstić information content (AvgIpc) is 2.96. The van der Waals surface area contributed by atoms with Gasteiger partial charge >= 0.3 is 0 Å². The summed E-state index contributed by atoms with van der Waals surface area (Å²) in [7, 11) is 0. The predicted octanol–water partition coefficient (Wildman–Crippen LogP) is 3.14. The summed E-state index contributed by atoms with van der Waals surface area (Å²) in [4.78, 5) is 4.21. The zero-order valence-corrected chi connectivity index (χ0v) is 12.3. The summed E-state index contributed by atoms with van der Waals surface area (Å²) in [6.07, 6.45) is 10.9. The molecule has 3 nitrogen and oxygen atoms in total. The largest absolute Gasteiger partial charge is 0.487 e. The molecule has 1 saturated heterocycles. The molecule has 1 N–H and O–H groups in total. The zero-order valence-electron chi connectivity index (χ0n) is 12.3. The van der Waals surface area contributed by atoms with Gasteiger partial charge in [0, 0.05) is 24.7 Å². The quantitative estimate of drug-likeness (QED) is 0.638. The first-order valence-electron chi connectivity index (χ1n) is 7.70. The van der Waals surface area contributed by atoms with Gasteiger partial charge in [-0.25, -0.2) is 0 Å². The van der Waals surface area contributed by atoms with Crippen molar-refractivity contribution < 1.29 is 4.74 Å². The van der Waals surface area contributed by atoms with Gasteiger partial charge < -0.3 is 10.1 Å². The molecule has 1 aliphatic heterocycles. The highest BCUT2D eigenvalue weighted by atomic mass is 16.5. The van der Waals surface area contributed by atoms with Gasteiger partial charge in [0.25, 0.3) is 0 Å². The molecule has 0 bridgehead atoms. The van der Waals surface area contributed by atoms with Crippen LogP contribution in [0.5, 0.6) is 5.75 Å². The summed E-state index contributed by atoms with van der Waals surface area (Å²) in [5, 5.41) is 3.29. The van der Waals surface area contributed by atoms with E-state index in [0.29, 0.717) is 0 Å². The topological polar surface area (TPSA) is 34.1 Å². The van der Waals surface area contributed by atoms with Gasteiger partial charge in [0.1, 0.15) is 11.9 Å². The highest BCUT2D eigenvalue weighted by Crippen LogP contribution is 2.15. The Morgan fingerprint density at radius 3 is 3.10 bits per heavy atom. The van der Waals surface area contributed by atoms with E-state index in [4.69, 9.17) is 4.74 Å². The number of hydrogen-bond acceptors (Lipinski definition) is 3. The third kappa shape index (κ3) is 5.22. The number of ether oxygens (including phenoxy) is 1. The lowest BCUT2D eigenvalue weighted by Crippen LogP contribution is -2.19. The Bertz CT molecular complexity index is 456. The lowest BCUT2D eigenvalue weighted by molar-refractivity contribution is 0.222. The molecule has 108 valence electrons. The molecule has 1 aromatic heterocycles. The van der Waals surface area contributed by atoms with Crippen LogP contribution < -0.4 is 10.1 Å². The maximum Gasteiger partial charge on any atom is 0.139 e. The molecule has 1 fully saturated rings. The Kier molecular flexibility index (Phi) is 6.40. The SMILES string of the molecule is CCCCCCC#Cc1cncc(O[C@@H]2CCNC2)c1. The van der Waals surface area contributed by atoms with Crippen LogP contribution in [0.3, 0.4) is 0 Å². The van der Waals surface area contributed by atoms with E-state index < -0.39 is 0 Å². The lowest BCUT2D eigenvalue weighted by atomic mass is 10.1. The number of nitrogens with one attached hydrogen (secondary N) is 1. The molecular weight excluding hydrogens is 248 g/mol. The average molecular weight is 272 g/mol. The molecule has 2 heterocycles. The van der Waals surface area contributed by atoms with Crippen LogP contribution in [0.1, 0.15) is 51.0 Å². The van der Waals surface area contributed by atoms with Gasteiger partial charge in [-0.2, -0.15) is 0 Å². The van der Waals surface area contributed by atoms with Crippen molar-refractivity contribution in [2.45, 2.75) is 51.6 Å². The molecule has 1 aromatic rings. The van der Waals surface area contributed by atoms with Gasteiger partial charge in [-0.1, -0.05) is 38.0 Å². The molecule has 0 unspecified atom stereocenters. The summed E-state index contributed by atoms with van der Waals surface area (Å²) >= 11 is 0.